The van der Waals surface area contributed by atoms with E-state index in [1.54, 1.807) is 0 Å². The fourth-order valence-electron chi connectivity index (χ4n) is 5.69. The lowest BCUT2D eigenvalue weighted by molar-refractivity contribution is -0.140. The number of imidazole rings is 1. The van der Waals surface area contributed by atoms with Crippen LogP contribution in [0.25, 0.3) is 11.2 Å². The van der Waals surface area contributed by atoms with Crippen molar-refractivity contribution < 1.29 is 57.4 Å². The Kier molecular flexibility index (Phi) is 10.0. The summed E-state index contributed by atoms with van der Waals surface area (Å²) in [7, 11) is -9.87. The second-order valence-corrected chi connectivity index (χ2v) is 14.6. The number of nitrogens with zero attached hydrogens (tertiary/aromatic N) is 4. The standard InChI is InChI=1S/C23H35N7O12P2/c31-17-15(8-40-44(38,39)42-43(36,37)9-12-5-6-24-14(7-12)22(33)34)41-21(18(17)32)30-11-27-16-19(25-10-26-20(16)30)29-23(35)28-13-3-1-2-4-13/h10-15,17-18,21,24,31-32H,1-9H2,(H,33,34)(H,36,37)(H,38,39)(H2,25,26,28,29,35)/t12?,14?,15-,17?,18+,21-/m1/s1. The van der Waals surface area contributed by atoms with E-state index in [1.165, 1.54) is 17.2 Å². The fraction of sp³-hybridized carbons (Fsp3) is 0.696. The first-order valence-corrected chi connectivity index (χ1v) is 17.3. The molecule has 21 heteroatoms. The molecule has 1 saturated carbocycles. The average Bonchev–Trinajstić information content (AvgIpc) is 3.68. The van der Waals surface area contributed by atoms with E-state index in [9.17, 15) is 38.7 Å². The molecule has 2 amide bonds. The van der Waals surface area contributed by atoms with Gasteiger partial charge >= 0.3 is 27.4 Å². The Morgan fingerprint density at radius 3 is 2.59 bits per heavy atom. The number of anilines is 1. The highest BCUT2D eigenvalue weighted by atomic mass is 31.3. The van der Waals surface area contributed by atoms with E-state index in [0.29, 0.717) is 6.42 Å². The zero-order valence-corrected chi connectivity index (χ0v) is 25.1. The van der Waals surface area contributed by atoms with Gasteiger partial charge in [0.25, 0.3) is 0 Å². The molecular formula is C23H35N7O12P2. The van der Waals surface area contributed by atoms with Crippen LogP contribution >= 0.6 is 15.4 Å². The van der Waals surface area contributed by atoms with E-state index < -0.39 is 76.7 Å². The lowest BCUT2D eigenvalue weighted by Crippen LogP contribution is -2.44. The summed E-state index contributed by atoms with van der Waals surface area (Å²) in [6.45, 7) is -0.534. The molecule has 2 aromatic heterocycles. The number of hydrogen-bond donors (Lipinski definition) is 8. The number of aliphatic carboxylic acids is 1. The number of phosphoric ester groups is 1. The number of piperidine rings is 1. The molecule has 244 valence electrons. The van der Waals surface area contributed by atoms with Crippen LogP contribution in [0.15, 0.2) is 12.7 Å². The van der Waals surface area contributed by atoms with Gasteiger partial charge in [-0.25, -0.2) is 28.6 Å². The summed E-state index contributed by atoms with van der Waals surface area (Å²) < 4.78 is 41.4. The average molecular weight is 664 g/mol. The third kappa shape index (κ3) is 7.80. The third-order valence-electron chi connectivity index (χ3n) is 7.82. The minimum atomic E-state index is -5.17. The van der Waals surface area contributed by atoms with Gasteiger partial charge in [-0.15, -0.1) is 0 Å². The molecule has 0 bridgehead atoms. The highest BCUT2D eigenvalue weighted by molar-refractivity contribution is 7.64. The molecule has 0 spiro atoms. The van der Waals surface area contributed by atoms with Crippen molar-refractivity contribution >= 4 is 44.4 Å². The Morgan fingerprint density at radius 2 is 1.86 bits per heavy atom. The number of ether oxygens (including phenoxy) is 1. The van der Waals surface area contributed by atoms with Gasteiger partial charge in [-0.1, -0.05) is 12.8 Å². The van der Waals surface area contributed by atoms with Crippen molar-refractivity contribution in [2.45, 2.75) is 75.1 Å². The normalized spacial score (nSPS) is 30.5. The van der Waals surface area contributed by atoms with Gasteiger partial charge < -0.3 is 40.5 Å². The molecule has 1 aliphatic carbocycles. The number of carboxylic acid groups (broad SMARTS) is 1. The lowest BCUT2D eigenvalue weighted by atomic mass is 9.94. The quantitative estimate of drug-likeness (QED) is 0.150. The summed E-state index contributed by atoms with van der Waals surface area (Å²) in [6.07, 6.45) is 0.203. The van der Waals surface area contributed by atoms with Crippen molar-refractivity contribution in [1.82, 2.24) is 30.2 Å². The number of carbonyl (C=O) groups is 2. The summed E-state index contributed by atoms with van der Waals surface area (Å²) in [6, 6.07) is -1.31. The second kappa shape index (κ2) is 13.4. The first-order chi connectivity index (χ1) is 20.8. The number of aliphatic hydroxyl groups excluding tert-OH is 2. The predicted octanol–water partition coefficient (Wildman–Crippen LogP) is 0.281. The third-order valence-corrected chi connectivity index (χ3v) is 11.1. The zero-order chi connectivity index (χ0) is 31.6. The molecule has 8 N–H and O–H groups in total. The highest BCUT2D eigenvalue weighted by Crippen LogP contribution is 2.61. The Morgan fingerprint density at radius 1 is 1.11 bits per heavy atom. The monoisotopic (exact) mass is 663 g/mol. The van der Waals surface area contributed by atoms with Gasteiger partial charge in [0.1, 0.15) is 30.7 Å². The van der Waals surface area contributed by atoms with Crippen molar-refractivity contribution in [1.29, 1.82) is 0 Å². The van der Waals surface area contributed by atoms with Gasteiger partial charge in [0.15, 0.2) is 23.2 Å². The number of hydrogen-bond acceptors (Lipinski definition) is 13. The van der Waals surface area contributed by atoms with E-state index in [2.05, 4.69) is 35.2 Å². The van der Waals surface area contributed by atoms with Crippen LogP contribution < -0.4 is 16.0 Å². The Bertz CT molecular complexity index is 1460. The lowest BCUT2D eigenvalue weighted by Gasteiger charge is -2.29. The zero-order valence-electron chi connectivity index (χ0n) is 23.3. The number of carboxylic acids is 1. The molecule has 8 atom stereocenters. The van der Waals surface area contributed by atoms with Gasteiger partial charge in [-0.3, -0.25) is 23.8 Å². The number of rotatable bonds is 11. The summed E-state index contributed by atoms with van der Waals surface area (Å²) in [4.78, 5) is 56.4. The molecule has 0 radical (unpaired) electrons. The van der Waals surface area contributed by atoms with Crippen molar-refractivity contribution in [2.24, 2.45) is 5.92 Å². The predicted molar refractivity (Wildman–Crippen MR) is 149 cm³/mol. The highest BCUT2D eigenvalue weighted by Gasteiger charge is 2.46. The van der Waals surface area contributed by atoms with Crippen LogP contribution in [0.3, 0.4) is 0 Å². The van der Waals surface area contributed by atoms with Gasteiger partial charge in [-0.05, 0) is 38.1 Å². The molecule has 19 nitrogen and oxygen atoms in total. The molecule has 5 unspecified atom stereocenters. The van der Waals surface area contributed by atoms with Crippen LogP contribution in [0.5, 0.6) is 0 Å². The maximum Gasteiger partial charge on any atom is 0.479 e. The molecule has 5 rings (SSSR count). The van der Waals surface area contributed by atoms with Crippen molar-refractivity contribution in [3.63, 3.8) is 0 Å². The largest absolute Gasteiger partial charge is 0.480 e. The molecule has 2 aliphatic heterocycles. The molecule has 4 heterocycles. The minimum Gasteiger partial charge on any atom is -0.480 e. The maximum absolute atomic E-state index is 12.6. The van der Waals surface area contributed by atoms with Crippen LogP contribution in [0.4, 0.5) is 10.6 Å². The number of carbonyl (C=O) groups excluding carboxylic acids is 1. The van der Waals surface area contributed by atoms with Crippen molar-refractivity contribution in [3.8, 4) is 0 Å². The van der Waals surface area contributed by atoms with E-state index in [0.717, 1.165) is 25.7 Å². The molecule has 0 aromatic carbocycles. The number of nitrogens with one attached hydrogen (secondary N) is 3. The maximum atomic E-state index is 12.6. The summed E-state index contributed by atoms with van der Waals surface area (Å²) in [5.74, 6) is -1.58. The minimum absolute atomic E-state index is 0.0281. The topological polar surface area (TPSA) is 277 Å². The number of phosphoric acid groups is 1. The molecular weight excluding hydrogens is 628 g/mol. The Labute approximate surface area is 250 Å². The SMILES string of the molecule is O=C(Nc1ncnc2c1ncn2[C@@H]1O[C@H](COP(=O)(O)OP(=O)(O)CC2CCNC(C(=O)O)C2)C(O)[C@@H]1O)NC1CCCC1. The van der Waals surface area contributed by atoms with Crippen LogP contribution in [0.1, 0.15) is 44.8 Å². The number of aliphatic hydroxyl groups is 2. The summed E-state index contributed by atoms with van der Waals surface area (Å²) >= 11 is 0. The molecule has 3 aliphatic rings. The summed E-state index contributed by atoms with van der Waals surface area (Å²) in [5.41, 5.74) is 0.323. The first-order valence-electron chi connectivity index (χ1n) is 14.1. The smallest absolute Gasteiger partial charge is 0.479 e. The number of urea groups is 1. The van der Waals surface area contributed by atoms with Crippen LogP contribution in [0.2, 0.25) is 0 Å². The van der Waals surface area contributed by atoms with Gasteiger partial charge in [0.05, 0.1) is 19.1 Å². The van der Waals surface area contributed by atoms with Gasteiger partial charge in [0, 0.05) is 6.04 Å². The van der Waals surface area contributed by atoms with Crippen LogP contribution in [-0.4, -0.2) is 106 Å². The van der Waals surface area contributed by atoms with Crippen LogP contribution in [-0.2, 0) is 27.5 Å². The van der Waals surface area contributed by atoms with E-state index >= 15 is 0 Å². The van der Waals surface area contributed by atoms with Crippen molar-refractivity contribution in [2.75, 3.05) is 24.6 Å². The molecule has 3 fully saturated rings. The fourth-order valence-corrected chi connectivity index (χ4v) is 8.75. The molecule has 2 saturated heterocycles. The van der Waals surface area contributed by atoms with E-state index in [-0.39, 0.29) is 36.0 Å². The number of fused-ring (bicyclic) bond motifs is 1. The molecule has 2 aromatic rings. The first kappa shape index (κ1) is 32.8. The van der Waals surface area contributed by atoms with E-state index in [4.69, 9.17) is 14.4 Å². The Hall–Kier alpha value is -2.57. The second-order valence-electron chi connectivity index (χ2n) is 11.1. The van der Waals surface area contributed by atoms with Gasteiger partial charge in [0.2, 0.25) is 0 Å². The molecule has 44 heavy (non-hydrogen) atoms. The van der Waals surface area contributed by atoms with E-state index in [1.807, 2.05) is 0 Å². The summed E-state index contributed by atoms with van der Waals surface area (Å²) in [5, 5.41) is 38.7. The number of amides is 2. The Balaban J connectivity index is 1.19. The van der Waals surface area contributed by atoms with Crippen LogP contribution in [0, 0.1) is 5.92 Å². The van der Waals surface area contributed by atoms with Gasteiger partial charge in [-0.2, -0.15) is 0 Å². The van der Waals surface area contributed by atoms with Crippen molar-refractivity contribution in [3.05, 3.63) is 12.7 Å². The number of aromatic nitrogens is 4.